The number of nitrogens with two attached hydrogens (primary N) is 1. The molecule has 24 heavy (non-hydrogen) atoms. The average molecular weight is 353 g/mol. The van der Waals surface area contributed by atoms with Gasteiger partial charge in [0, 0.05) is 32.3 Å². The highest BCUT2D eigenvalue weighted by Gasteiger charge is 2.40. The Labute approximate surface area is 151 Å². The smallest absolute Gasteiger partial charge is 0.119 e. The predicted molar refractivity (Wildman–Crippen MR) is 97.6 cm³/mol. The largest absolute Gasteiger partial charge is 0.491 e. The van der Waals surface area contributed by atoms with Gasteiger partial charge in [0.05, 0.1) is 6.10 Å². The lowest BCUT2D eigenvalue weighted by molar-refractivity contribution is 0.0679. The minimum absolute atomic E-state index is 0. The fourth-order valence-corrected chi connectivity index (χ4v) is 4.44. The van der Waals surface area contributed by atoms with E-state index in [1.807, 2.05) is 0 Å². The first-order valence-corrected chi connectivity index (χ1v) is 9.09. The molecule has 4 unspecified atom stereocenters. The van der Waals surface area contributed by atoms with Gasteiger partial charge in [-0.1, -0.05) is 12.1 Å². The zero-order valence-corrected chi connectivity index (χ0v) is 15.0. The van der Waals surface area contributed by atoms with Crippen molar-refractivity contribution in [1.29, 1.82) is 0 Å². The lowest BCUT2D eigenvalue weighted by Crippen LogP contribution is -2.30. The van der Waals surface area contributed by atoms with E-state index in [-0.39, 0.29) is 18.5 Å². The summed E-state index contributed by atoms with van der Waals surface area (Å²) in [5.74, 6) is 2.51. The first-order valence-electron chi connectivity index (χ1n) is 9.09. The van der Waals surface area contributed by atoms with Crippen molar-refractivity contribution in [1.82, 2.24) is 4.90 Å². The molecule has 0 aromatic heterocycles. The van der Waals surface area contributed by atoms with E-state index in [0.29, 0.717) is 12.6 Å². The summed E-state index contributed by atoms with van der Waals surface area (Å²) in [5, 5.41) is 0. The SMILES string of the molecule is Cl.NC1CCC2CN(Cc3ccc(OCC4CCCO4)cc3)CC12. The van der Waals surface area contributed by atoms with Crippen LogP contribution >= 0.6 is 12.4 Å². The lowest BCUT2D eigenvalue weighted by atomic mass is 9.98. The molecule has 0 bridgehead atoms. The third-order valence-corrected chi connectivity index (χ3v) is 5.78. The predicted octanol–water partition coefficient (Wildman–Crippen LogP) is 2.84. The normalized spacial score (nSPS) is 32.5. The average Bonchev–Trinajstić information content (AvgIpc) is 3.27. The van der Waals surface area contributed by atoms with Gasteiger partial charge in [0.25, 0.3) is 0 Å². The highest BCUT2D eigenvalue weighted by molar-refractivity contribution is 5.85. The summed E-state index contributed by atoms with van der Waals surface area (Å²) >= 11 is 0. The molecular weight excluding hydrogens is 324 g/mol. The highest BCUT2D eigenvalue weighted by Crippen LogP contribution is 2.37. The molecule has 1 aromatic rings. The Morgan fingerprint density at radius 3 is 2.67 bits per heavy atom. The molecule has 0 spiro atoms. The zero-order valence-electron chi connectivity index (χ0n) is 14.2. The van der Waals surface area contributed by atoms with E-state index in [9.17, 15) is 0 Å². The number of hydrogen-bond acceptors (Lipinski definition) is 4. The Morgan fingerprint density at radius 1 is 1.12 bits per heavy atom. The maximum absolute atomic E-state index is 6.23. The molecular formula is C19H29ClN2O2. The van der Waals surface area contributed by atoms with Gasteiger partial charge in [0.15, 0.2) is 0 Å². The summed E-state index contributed by atoms with van der Waals surface area (Å²) in [5.41, 5.74) is 7.59. The van der Waals surface area contributed by atoms with Gasteiger partial charge in [-0.3, -0.25) is 4.90 Å². The van der Waals surface area contributed by atoms with Crippen molar-refractivity contribution in [2.45, 2.75) is 44.4 Å². The molecule has 1 aliphatic carbocycles. The summed E-state index contributed by atoms with van der Waals surface area (Å²) in [6, 6.07) is 9.00. The standard InChI is InChI=1S/C19H28N2O2.ClH/c20-19-8-5-15-11-21(12-18(15)19)10-14-3-6-16(7-4-14)23-13-17-2-1-9-22-17;/h3-4,6-7,15,17-19H,1-2,5,8-13,20H2;1H. The van der Waals surface area contributed by atoms with Gasteiger partial charge in [-0.25, -0.2) is 0 Å². The molecule has 1 aromatic carbocycles. The number of rotatable bonds is 5. The van der Waals surface area contributed by atoms with Crippen LogP contribution in [-0.4, -0.2) is 43.3 Å². The van der Waals surface area contributed by atoms with Crippen LogP contribution in [0.4, 0.5) is 0 Å². The number of hydrogen-bond donors (Lipinski definition) is 1. The Bertz CT molecular complexity index is 519. The number of ether oxygens (including phenoxy) is 2. The Hall–Kier alpha value is -0.810. The fourth-order valence-electron chi connectivity index (χ4n) is 4.44. The molecule has 4 rings (SSSR count). The van der Waals surface area contributed by atoms with Crippen LogP contribution in [0, 0.1) is 11.8 Å². The van der Waals surface area contributed by atoms with Crippen molar-refractivity contribution in [2.75, 3.05) is 26.3 Å². The van der Waals surface area contributed by atoms with Crippen molar-refractivity contribution >= 4 is 12.4 Å². The molecule has 2 heterocycles. The third kappa shape index (κ3) is 4.05. The topological polar surface area (TPSA) is 47.7 Å². The van der Waals surface area contributed by atoms with Gasteiger partial charge in [0.2, 0.25) is 0 Å². The summed E-state index contributed by atoms with van der Waals surface area (Å²) in [6.07, 6.45) is 5.10. The van der Waals surface area contributed by atoms with Crippen molar-refractivity contribution in [3.8, 4) is 5.75 Å². The van der Waals surface area contributed by atoms with Crippen molar-refractivity contribution in [3.05, 3.63) is 29.8 Å². The number of nitrogens with zero attached hydrogens (tertiary/aromatic N) is 1. The molecule has 134 valence electrons. The van der Waals surface area contributed by atoms with Crippen LogP contribution in [0.15, 0.2) is 24.3 Å². The van der Waals surface area contributed by atoms with Crippen molar-refractivity contribution < 1.29 is 9.47 Å². The molecule has 4 atom stereocenters. The van der Waals surface area contributed by atoms with E-state index in [0.717, 1.165) is 43.6 Å². The second-order valence-corrected chi connectivity index (χ2v) is 7.45. The van der Waals surface area contributed by atoms with Crippen LogP contribution < -0.4 is 10.5 Å². The summed E-state index contributed by atoms with van der Waals surface area (Å²) in [6.45, 7) is 4.98. The lowest BCUT2D eigenvalue weighted by Gasteiger charge is -2.18. The number of halogens is 1. The molecule has 0 radical (unpaired) electrons. The summed E-state index contributed by atoms with van der Waals surface area (Å²) in [4.78, 5) is 2.57. The second kappa shape index (κ2) is 8.05. The summed E-state index contributed by atoms with van der Waals surface area (Å²) < 4.78 is 11.4. The van der Waals surface area contributed by atoms with Crippen LogP contribution in [0.3, 0.4) is 0 Å². The van der Waals surface area contributed by atoms with Crippen LogP contribution in [0.25, 0.3) is 0 Å². The summed E-state index contributed by atoms with van der Waals surface area (Å²) in [7, 11) is 0. The molecule has 1 saturated carbocycles. The number of benzene rings is 1. The number of likely N-dealkylation sites (tertiary alicyclic amines) is 1. The van der Waals surface area contributed by atoms with E-state index in [4.69, 9.17) is 15.2 Å². The monoisotopic (exact) mass is 352 g/mol. The van der Waals surface area contributed by atoms with E-state index in [1.165, 1.54) is 31.5 Å². The minimum Gasteiger partial charge on any atom is -0.491 e. The second-order valence-electron chi connectivity index (χ2n) is 7.45. The molecule has 2 N–H and O–H groups in total. The molecule has 2 saturated heterocycles. The fraction of sp³-hybridized carbons (Fsp3) is 0.684. The maximum atomic E-state index is 6.23. The van der Waals surface area contributed by atoms with Gasteiger partial charge >= 0.3 is 0 Å². The van der Waals surface area contributed by atoms with E-state index in [1.54, 1.807) is 0 Å². The molecule has 3 fully saturated rings. The minimum atomic E-state index is 0. The van der Waals surface area contributed by atoms with Crippen LogP contribution in [0.5, 0.6) is 5.75 Å². The Kier molecular flexibility index (Phi) is 6.03. The Balaban J connectivity index is 0.00000169. The van der Waals surface area contributed by atoms with E-state index in [2.05, 4.69) is 29.2 Å². The number of fused-ring (bicyclic) bond motifs is 1. The molecule has 0 amide bonds. The zero-order chi connectivity index (χ0) is 15.6. The van der Waals surface area contributed by atoms with Crippen molar-refractivity contribution in [3.63, 3.8) is 0 Å². The first kappa shape index (κ1) is 18.0. The quantitative estimate of drug-likeness (QED) is 0.885. The van der Waals surface area contributed by atoms with Crippen LogP contribution in [0.2, 0.25) is 0 Å². The van der Waals surface area contributed by atoms with Gasteiger partial charge in [-0.2, -0.15) is 0 Å². The van der Waals surface area contributed by atoms with E-state index < -0.39 is 0 Å². The molecule has 4 nitrogen and oxygen atoms in total. The van der Waals surface area contributed by atoms with Crippen molar-refractivity contribution in [2.24, 2.45) is 17.6 Å². The highest BCUT2D eigenvalue weighted by atomic mass is 35.5. The third-order valence-electron chi connectivity index (χ3n) is 5.78. The maximum Gasteiger partial charge on any atom is 0.119 e. The van der Waals surface area contributed by atoms with Crippen LogP contribution in [0.1, 0.15) is 31.2 Å². The molecule has 2 aliphatic heterocycles. The van der Waals surface area contributed by atoms with Gasteiger partial charge in [-0.05, 0) is 55.2 Å². The van der Waals surface area contributed by atoms with Gasteiger partial charge in [0.1, 0.15) is 12.4 Å². The first-order chi connectivity index (χ1) is 11.3. The van der Waals surface area contributed by atoms with Gasteiger partial charge < -0.3 is 15.2 Å². The van der Waals surface area contributed by atoms with Crippen LogP contribution in [-0.2, 0) is 11.3 Å². The Morgan fingerprint density at radius 2 is 1.96 bits per heavy atom. The molecule has 3 aliphatic rings. The molecule has 5 heteroatoms. The van der Waals surface area contributed by atoms with Gasteiger partial charge in [-0.15, -0.1) is 12.4 Å². The van der Waals surface area contributed by atoms with E-state index >= 15 is 0 Å².